The Kier molecular flexibility index (Phi) is 4.30. The fourth-order valence-electron chi connectivity index (χ4n) is 2.79. The van der Waals surface area contributed by atoms with Gasteiger partial charge < -0.3 is 10.3 Å². The summed E-state index contributed by atoms with van der Waals surface area (Å²) in [7, 11) is 0. The van der Waals surface area contributed by atoms with Crippen molar-refractivity contribution >= 4 is 5.91 Å². The largest absolute Gasteiger partial charge is 0.357 e. The minimum Gasteiger partial charge on any atom is -0.357 e. The molecule has 0 saturated carbocycles. The van der Waals surface area contributed by atoms with Crippen molar-refractivity contribution in [2.24, 2.45) is 0 Å². The maximum atomic E-state index is 12.4. The molecule has 1 aromatic carbocycles. The number of nitrogens with zero attached hydrogens (tertiary/aromatic N) is 2. The maximum Gasteiger partial charge on any atom is 0.267 e. The summed E-state index contributed by atoms with van der Waals surface area (Å²) in [6, 6.07) is 15.6. The normalized spacial score (nSPS) is 10.6. The Morgan fingerprint density at radius 1 is 1.04 bits per heavy atom. The van der Waals surface area contributed by atoms with Crippen molar-refractivity contribution in [2.75, 3.05) is 0 Å². The number of carbonyl (C=O) groups excluding carboxylic acids is 1. The van der Waals surface area contributed by atoms with E-state index >= 15 is 0 Å². The van der Waals surface area contributed by atoms with E-state index in [-0.39, 0.29) is 5.91 Å². The lowest BCUT2D eigenvalue weighted by Crippen LogP contribution is -2.23. The summed E-state index contributed by atoms with van der Waals surface area (Å²) in [4.78, 5) is 19.4. The van der Waals surface area contributed by atoms with Crippen LogP contribution in [-0.2, 0) is 6.54 Å². The molecule has 4 aromatic rings. The van der Waals surface area contributed by atoms with Gasteiger partial charge in [0, 0.05) is 36.3 Å². The van der Waals surface area contributed by atoms with Crippen molar-refractivity contribution in [1.82, 2.24) is 25.5 Å². The zero-order valence-corrected chi connectivity index (χ0v) is 13.9. The monoisotopic (exact) mass is 343 g/mol. The molecule has 3 heterocycles. The minimum absolute atomic E-state index is 0.166. The third kappa shape index (κ3) is 3.25. The zero-order chi connectivity index (χ0) is 17.8. The first kappa shape index (κ1) is 15.8. The molecule has 0 fully saturated rings. The van der Waals surface area contributed by atoms with Crippen LogP contribution in [-0.4, -0.2) is 26.1 Å². The Bertz CT molecular complexity index is 1000. The highest BCUT2D eigenvalue weighted by Crippen LogP contribution is 2.30. The standard InChI is InChI=1S/C20H17N5O/c26-20(23-11-14-5-4-8-21-10-14)18-9-16(12-22-18)19-17(13-24-25-19)15-6-2-1-3-7-15/h1-10,12-13,22H,11H2,(H,23,26)(H,24,25). The van der Waals surface area contributed by atoms with E-state index < -0.39 is 0 Å². The predicted octanol–water partition coefficient (Wildman–Crippen LogP) is 3.40. The Morgan fingerprint density at radius 2 is 1.92 bits per heavy atom. The van der Waals surface area contributed by atoms with Crippen molar-refractivity contribution in [3.8, 4) is 22.4 Å². The summed E-state index contributed by atoms with van der Waals surface area (Å²) in [5.41, 5.74) is 5.27. The fourth-order valence-corrected chi connectivity index (χ4v) is 2.79. The average Bonchev–Trinajstić information content (AvgIpc) is 3.37. The number of carbonyl (C=O) groups is 1. The van der Waals surface area contributed by atoms with Crippen LogP contribution in [0, 0.1) is 0 Å². The lowest BCUT2D eigenvalue weighted by molar-refractivity contribution is 0.0946. The van der Waals surface area contributed by atoms with Crippen molar-refractivity contribution < 1.29 is 4.79 Å². The van der Waals surface area contributed by atoms with Gasteiger partial charge in [-0.2, -0.15) is 5.10 Å². The number of amides is 1. The Hall–Kier alpha value is -3.67. The summed E-state index contributed by atoms with van der Waals surface area (Å²) >= 11 is 0. The summed E-state index contributed by atoms with van der Waals surface area (Å²) in [6.45, 7) is 0.431. The molecule has 0 saturated heterocycles. The molecule has 26 heavy (non-hydrogen) atoms. The van der Waals surface area contributed by atoms with E-state index in [4.69, 9.17) is 0 Å². The van der Waals surface area contributed by atoms with E-state index in [9.17, 15) is 4.79 Å². The second-order valence-corrected chi connectivity index (χ2v) is 5.87. The van der Waals surface area contributed by atoms with Crippen LogP contribution in [0.4, 0.5) is 0 Å². The van der Waals surface area contributed by atoms with E-state index in [1.807, 2.05) is 48.5 Å². The quantitative estimate of drug-likeness (QED) is 0.519. The Balaban J connectivity index is 1.52. The molecule has 6 heteroatoms. The Morgan fingerprint density at radius 3 is 2.73 bits per heavy atom. The van der Waals surface area contributed by atoms with E-state index in [1.165, 1.54) is 0 Å². The van der Waals surface area contributed by atoms with Crippen molar-refractivity contribution in [3.05, 3.63) is 84.6 Å². The van der Waals surface area contributed by atoms with Gasteiger partial charge >= 0.3 is 0 Å². The number of pyridine rings is 1. The lowest BCUT2D eigenvalue weighted by Gasteiger charge is -2.03. The molecule has 0 unspecified atom stereocenters. The van der Waals surface area contributed by atoms with Gasteiger partial charge in [-0.1, -0.05) is 36.4 Å². The number of hydrogen-bond acceptors (Lipinski definition) is 3. The number of nitrogens with one attached hydrogen (secondary N) is 3. The maximum absolute atomic E-state index is 12.4. The molecule has 3 aromatic heterocycles. The van der Waals surface area contributed by atoms with Crippen LogP contribution in [0.25, 0.3) is 22.4 Å². The summed E-state index contributed by atoms with van der Waals surface area (Å²) < 4.78 is 0. The number of aromatic nitrogens is 4. The molecule has 3 N–H and O–H groups in total. The van der Waals surface area contributed by atoms with Crippen molar-refractivity contribution in [3.63, 3.8) is 0 Å². The van der Waals surface area contributed by atoms with Crippen LogP contribution < -0.4 is 5.32 Å². The van der Waals surface area contributed by atoms with Crippen LogP contribution in [0.3, 0.4) is 0 Å². The predicted molar refractivity (Wildman–Crippen MR) is 99.2 cm³/mol. The van der Waals surface area contributed by atoms with Gasteiger partial charge in [-0.15, -0.1) is 0 Å². The molecule has 0 aliphatic rings. The minimum atomic E-state index is -0.166. The molecule has 0 atom stereocenters. The van der Waals surface area contributed by atoms with Crippen LogP contribution in [0.5, 0.6) is 0 Å². The molecule has 0 aliphatic carbocycles. The van der Waals surface area contributed by atoms with Gasteiger partial charge in [0.25, 0.3) is 5.91 Å². The molecular weight excluding hydrogens is 326 g/mol. The van der Waals surface area contributed by atoms with E-state index in [0.717, 1.165) is 27.9 Å². The highest BCUT2D eigenvalue weighted by molar-refractivity contribution is 5.94. The smallest absolute Gasteiger partial charge is 0.267 e. The third-order valence-electron chi connectivity index (χ3n) is 4.12. The Labute approximate surface area is 150 Å². The van der Waals surface area contributed by atoms with Crippen LogP contribution in [0.15, 0.2) is 73.3 Å². The molecule has 4 rings (SSSR count). The number of rotatable bonds is 5. The van der Waals surface area contributed by atoms with E-state index in [1.54, 1.807) is 24.8 Å². The van der Waals surface area contributed by atoms with Gasteiger partial charge in [-0.05, 0) is 23.3 Å². The summed E-state index contributed by atoms with van der Waals surface area (Å²) in [6.07, 6.45) is 7.03. The highest BCUT2D eigenvalue weighted by Gasteiger charge is 2.14. The summed E-state index contributed by atoms with van der Waals surface area (Å²) in [5, 5.41) is 10.1. The lowest BCUT2D eigenvalue weighted by atomic mass is 10.0. The molecule has 0 spiro atoms. The first-order chi connectivity index (χ1) is 12.8. The van der Waals surface area contributed by atoms with E-state index in [0.29, 0.717) is 12.2 Å². The van der Waals surface area contributed by atoms with Gasteiger partial charge in [0.15, 0.2) is 0 Å². The molecule has 0 bridgehead atoms. The molecule has 1 amide bonds. The van der Waals surface area contributed by atoms with Gasteiger partial charge in [0.05, 0.1) is 11.9 Å². The SMILES string of the molecule is O=C(NCc1cccnc1)c1cc(-c2[nH]ncc2-c2ccccc2)c[nH]1. The molecule has 6 nitrogen and oxygen atoms in total. The average molecular weight is 343 g/mol. The van der Waals surface area contributed by atoms with E-state index in [2.05, 4.69) is 25.5 Å². The van der Waals surface area contributed by atoms with Crippen molar-refractivity contribution in [2.45, 2.75) is 6.54 Å². The van der Waals surface area contributed by atoms with Crippen molar-refractivity contribution in [1.29, 1.82) is 0 Å². The van der Waals surface area contributed by atoms with Crippen LogP contribution in [0.2, 0.25) is 0 Å². The van der Waals surface area contributed by atoms with Gasteiger partial charge in [0.2, 0.25) is 0 Å². The number of H-pyrrole nitrogens is 2. The number of benzene rings is 1. The summed E-state index contributed by atoms with van der Waals surface area (Å²) in [5.74, 6) is -0.166. The molecular formula is C20H17N5O. The number of hydrogen-bond donors (Lipinski definition) is 3. The highest BCUT2D eigenvalue weighted by atomic mass is 16.1. The van der Waals surface area contributed by atoms with Crippen LogP contribution >= 0.6 is 0 Å². The zero-order valence-electron chi connectivity index (χ0n) is 13.9. The topological polar surface area (TPSA) is 86.5 Å². The van der Waals surface area contributed by atoms with Gasteiger partial charge in [-0.25, -0.2) is 0 Å². The first-order valence-corrected chi connectivity index (χ1v) is 8.26. The fraction of sp³-hybridized carbons (Fsp3) is 0.0500. The molecule has 128 valence electrons. The third-order valence-corrected chi connectivity index (χ3v) is 4.12. The van der Waals surface area contributed by atoms with Crippen LogP contribution in [0.1, 0.15) is 16.1 Å². The van der Waals surface area contributed by atoms with Gasteiger partial charge in [-0.3, -0.25) is 14.9 Å². The molecule has 0 aliphatic heterocycles. The number of aromatic amines is 2. The molecule has 0 radical (unpaired) electrons. The second kappa shape index (κ2) is 7.06. The van der Waals surface area contributed by atoms with Gasteiger partial charge in [0.1, 0.15) is 5.69 Å². The first-order valence-electron chi connectivity index (χ1n) is 8.26. The second-order valence-electron chi connectivity index (χ2n) is 5.87.